The molecule has 1 fully saturated rings. The van der Waals surface area contributed by atoms with Crippen LogP contribution in [0.4, 0.5) is 19.0 Å². The van der Waals surface area contributed by atoms with E-state index < -0.39 is 28.7 Å². The van der Waals surface area contributed by atoms with E-state index in [-0.39, 0.29) is 71.6 Å². The summed E-state index contributed by atoms with van der Waals surface area (Å²) >= 11 is 0. The van der Waals surface area contributed by atoms with Gasteiger partial charge < -0.3 is 14.5 Å². The van der Waals surface area contributed by atoms with Crippen LogP contribution in [-0.2, 0) is 4.79 Å². The van der Waals surface area contributed by atoms with Crippen LogP contribution in [0.1, 0.15) is 44.4 Å². The van der Waals surface area contributed by atoms with Gasteiger partial charge >= 0.3 is 5.69 Å². The van der Waals surface area contributed by atoms with Crippen LogP contribution in [0, 0.1) is 24.4 Å². The second kappa shape index (κ2) is 11.1. The zero-order valence-electron chi connectivity index (χ0n) is 24.9. The topological polar surface area (TPSA) is 80.6 Å². The van der Waals surface area contributed by atoms with Crippen molar-refractivity contribution in [1.29, 1.82) is 0 Å². The highest BCUT2D eigenvalue weighted by Gasteiger charge is 2.39. The van der Waals surface area contributed by atoms with Gasteiger partial charge in [0.05, 0.1) is 35.0 Å². The molecule has 2 atom stereocenters. The molecule has 1 saturated heterocycles. The normalized spacial score (nSPS) is 18.1. The van der Waals surface area contributed by atoms with Gasteiger partial charge in [-0.2, -0.15) is 4.98 Å². The maximum atomic E-state index is 17.1. The number of carbonyl (C=O) groups excluding carboxylic acids is 1. The number of carbonyl (C=O) groups is 1. The summed E-state index contributed by atoms with van der Waals surface area (Å²) in [5.41, 5.74) is -0.597. The lowest BCUT2D eigenvalue weighted by Crippen LogP contribution is -2.60. The minimum absolute atomic E-state index is 0.0156. The molecule has 0 bridgehead atoms. The van der Waals surface area contributed by atoms with Crippen molar-refractivity contribution in [2.75, 3.05) is 24.6 Å². The number of benzene rings is 2. The van der Waals surface area contributed by atoms with E-state index in [9.17, 15) is 9.59 Å². The number of ether oxygens (including phenoxy) is 1. The van der Waals surface area contributed by atoms with Crippen LogP contribution in [0.25, 0.3) is 27.7 Å². The molecule has 4 heterocycles. The number of amides is 1. The summed E-state index contributed by atoms with van der Waals surface area (Å²) in [4.78, 5) is 39.2. The van der Waals surface area contributed by atoms with Crippen molar-refractivity contribution in [3.63, 3.8) is 0 Å². The van der Waals surface area contributed by atoms with Crippen LogP contribution < -0.4 is 15.3 Å². The fourth-order valence-corrected chi connectivity index (χ4v) is 6.37. The molecule has 0 spiro atoms. The summed E-state index contributed by atoms with van der Waals surface area (Å²) in [6.07, 6.45) is 3.20. The Hall–Kier alpha value is -4.67. The number of piperazine rings is 1. The van der Waals surface area contributed by atoms with Gasteiger partial charge in [-0.1, -0.05) is 38.6 Å². The van der Waals surface area contributed by atoms with Crippen LogP contribution in [0.15, 0.2) is 54.0 Å². The quantitative estimate of drug-likeness (QED) is 0.280. The summed E-state index contributed by atoms with van der Waals surface area (Å²) < 4.78 is 55.9. The summed E-state index contributed by atoms with van der Waals surface area (Å²) in [6.45, 7) is 11.5. The minimum Gasteiger partial charge on any atom is -0.490 e. The number of aromatic nitrogens is 3. The van der Waals surface area contributed by atoms with E-state index >= 15 is 13.2 Å². The highest BCUT2D eigenvalue weighted by atomic mass is 19.1. The van der Waals surface area contributed by atoms with E-state index in [1.54, 1.807) is 24.1 Å². The maximum absolute atomic E-state index is 17.1. The van der Waals surface area contributed by atoms with Gasteiger partial charge in [-0.25, -0.2) is 18.0 Å². The van der Waals surface area contributed by atoms with Crippen molar-refractivity contribution >= 4 is 22.6 Å². The third-order valence-corrected chi connectivity index (χ3v) is 8.49. The fraction of sp³-hybridized carbons (Fsp3) is 0.333. The molecule has 6 rings (SSSR count). The first-order valence-corrected chi connectivity index (χ1v) is 14.6. The summed E-state index contributed by atoms with van der Waals surface area (Å²) in [6, 6.07) is 6.32. The minimum atomic E-state index is -1.13. The molecular weight excluding hydrogens is 571 g/mol. The average Bonchev–Trinajstić information content (AvgIpc) is 2.98. The third kappa shape index (κ3) is 4.53. The molecule has 228 valence electrons. The molecule has 0 saturated carbocycles. The SMILES string of the molecule is C=CC(=O)N1CC2CCOc3c(F)c(-c4ccccc4F)c(F)c4c3c(nc(=O)n4-c3c(C)ccnc3C(C)C)N2CC1C. The zero-order valence-corrected chi connectivity index (χ0v) is 24.9. The predicted octanol–water partition coefficient (Wildman–Crippen LogP) is 5.67. The zero-order chi connectivity index (χ0) is 31.4. The van der Waals surface area contributed by atoms with Gasteiger partial charge in [0.1, 0.15) is 17.2 Å². The lowest BCUT2D eigenvalue weighted by Gasteiger charge is -2.46. The number of rotatable bonds is 4. The Labute approximate surface area is 252 Å². The summed E-state index contributed by atoms with van der Waals surface area (Å²) in [5.74, 6) is -3.73. The number of anilines is 1. The number of nitrogens with zero attached hydrogens (tertiary/aromatic N) is 5. The Morgan fingerprint density at radius 2 is 1.89 bits per heavy atom. The van der Waals surface area contributed by atoms with Gasteiger partial charge in [0, 0.05) is 37.3 Å². The van der Waals surface area contributed by atoms with Crippen LogP contribution in [0.5, 0.6) is 5.75 Å². The smallest absolute Gasteiger partial charge is 0.354 e. The molecule has 8 nitrogen and oxygen atoms in total. The van der Waals surface area contributed by atoms with E-state index in [0.717, 1.165) is 10.6 Å². The number of pyridine rings is 1. The van der Waals surface area contributed by atoms with Crippen molar-refractivity contribution in [2.24, 2.45) is 0 Å². The molecule has 2 aromatic carbocycles. The summed E-state index contributed by atoms with van der Waals surface area (Å²) in [7, 11) is 0. The van der Waals surface area contributed by atoms with Crippen LogP contribution in [-0.4, -0.2) is 57.1 Å². The highest BCUT2D eigenvalue weighted by molar-refractivity contribution is 6.00. The highest BCUT2D eigenvalue weighted by Crippen LogP contribution is 2.45. The predicted molar refractivity (Wildman–Crippen MR) is 162 cm³/mol. The van der Waals surface area contributed by atoms with Gasteiger partial charge in [0.2, 0.25) is 5.91 Å². The number of aryl methyl sites for hydroxylation is 1. The van der Waals surface area contributed by atoms with Gasteiger partial charge in [0.15, 0.2) is 17.4 Å². The Kier molecular flexibility index (Phi) is 7.43. The standard InChI is InChI=1S/C33H32F3N5O3/c1-6-23(42)39-16-20-12-14-44-31-25-30(26(35)24(27(31)36)21-9-7-8-10-22(21)34)41(29-18(4)11-13-37-28(29)17(2)3)33(43)38-32(25)40(20)15-19(39)5/h6-11,13,17,19-20H,1,12,14-16H2,2-5H3. The van der Waals surface area contributed by atoms with Crippen molar-refractivity contribution in [3.8, 4) is 22.6 Å². The molecule has 0 N–H and O–H groups in total. The van der Waals surface area contributed by atoms with E-state index in [0.29, 0.717) is 23.4 Å². The van der Waals surface area contributed by atoms with Gasteiger partial charge in [-0.15, -0.1) is 0 Å². The molecule has 1 amide bonds. The Bertz CT molecular complexity index is 1890. The van der Waals surface area contributed by atoms with E-state index in [1.807, 2.05) is 25.7 Å². The van der Waals surface area contributed by atoms with Crippen LogP contribution >= 0.6 is 0 Å². The summed E-state index contributed by atoms with van der Waals surface area (Å²) in [5, 5.41) is -0.0435. The Morgan fingerprint density at radius 1 is 1.14 bits per heavy atom. The largest absolute Gasteiger partial charge is 0.490 e. The monoisotopic (exact) mass is 603 g/mol. The third-order valence-electron chi connectivity index (χ3n) is 8.49. The van der Waals surface area contributed by atoms with Crippen LogP contribution in [0.3, 0.4) is 0 Å². The fourth-order valence-electron chi connectivity index (χ4n) is 6.37. The maximum Gasteiger partial charge on any atom is 0.354 e. The van der Waals surface area contributed by atoms with Crippen molar-refractivity contribution in [3.05, 3.63) is 88.4 Å². The first-order valence-electron chi connectivity index (χ1n) is 14.6. The molecule has 11 heteroatoms. The Morgan fingerprint density at radius 3 is 2.59 bits per heavy atom. The molecule has 44 heavy (non-hydrogen) atoms. The Balaban J connectivity index is 1.76. The number of hydrogen-bond acceptors (Lipinski definition) is 6. The number of hydrogen-bond donors (Lipinski definition) is 0. The van der Waals surface area contributed by atoms with Crippen LogP contribution in [0.2, 0.25) is 0 Å². The van der Waals surface area contributed by atoms with E-state index in [2.05, 4.69) is 16.5 Å². The van der Waals surface area contributed by atoms with E-state index in [1.165, 1.54) is 24.3 Å². The lowest BCUT2D eigenvalue weighted by molar-refractivity contribution is -0.129. The number of halogens is 3. The van der Waals surface area contributed by atoms with Gasteiger partial charge in [-0.05, 0) is 43.5 Å². The molecule has 0 radical (unpaired) electrons. The van der Waals surface area contributed by atoms with Crippen molar-refractivity contribution in [2.45, 2.75) is 52.1 Å². The molecule has 2 aliphatic heterocycles. The lowest BCUT2D eigenvalue weighted by atomic mass is 9.97. The van der Waals surface area contributed by atoms with E-state index in [4.69, 9.17) is 4.74 Å². The molecule has 2 unspecified atom stereocenters. The molecular formula is C33H32F3N5O3. The molecule has 2 aliphatic rings. The van der Waals surface area contributed by atoms with Crippen molar-refractivity contribution < 1.29 is 22.7 Å². The second-order valence-electron chi connectivity index (χ2n) is 11.6. The first-order chi connectivity index (χ1) is 21.0. The molecule has 0 aliphatic carbocycles. The first kappa shape index (κ1) is 29.4. The number of fused-ring (bicyclic) bond motifs is 2. The molecule has 4 aromatic rings. The average molecular weight is 604 g/mol. The second-order valence-corrected chi connectivity index (χ2v) is 11.6. The van der Waals surface area contributed by atoms with Crippen molar-refractivity contribution in [1.82, 2.24) is 19.4 Å². The molecule has 2 aromatic heterocycles. The van der Waals surface area contributed by atoms with Gasteiger partial charge in [0.25, 0.3) is 0 Å². The van der Waals surface area contributed by atoms with Gasteiger partial charge in [-0.3, -0.25) is 14.3 Å².